The Bertz CT molecular complexity index is 725. The molecule has 0 bridgehead atoms. The average molecular weight is 286 g/mol. The number of nitrogens with two attached hydrogens (primary N) is 1. The molecule has 3 aromatic rings. The lowest BCUT2D eigenvalue weighted by molar-refractivity contribution is 0.482. The van der Waals surface area contributed by atoms with Crippen molar-refractivity contribution in [1.29, 1.82) is 0 Å². The molecule has 2 N–H and O–H groups in total. The van der Waals surface area contributed by atoms with Crippen molar-refractivity contribution in [1.82, 2.24) is 4.98 Å². The van der Waals surface area contributed by atoms with Gasteiger partial charge in [-0.05, 0) is 36.4 Å². The van der Waals surface area contributed by atoms with Gasteiger partial charge in [-0.1, -0.05) is 23.5 Å². The molecule has 0 spiro atoms. The van der Waals surface area contributed by atoms with Crippen LogP contribution in [0.3, 0.4) is 0 Å². The van der Waals surface area contributed by atoms with Crippen molar-refractivity contribution in [2.75, 3.05) is 5.73 Å². The topological polar surface area (TPSA) is 48.1 Å². The van der Waals surface area contributed by atoms with Gasteiger partial charge in [-0.15, -0.1) is 0 Å². The lowest BCUT2D eigenvalue weighted by atomic mass is 10.2. The van der Waals surface area contributed by atoms with Crippen molar-refractivity contribution in [2.45, 2.75) is 0 Å². The van der Waals surface area contributed by atoms with E-state index in [4.69, 9.17) is 10.5 Å². The molecular weight excluding hydrogens is 275 g/mol. The Kier molecular flexibility index (Phi) is 3.35. The Labute approximate surface area is 119 Å². The fourth-order valence-corrected chi connectivity index (χ4v) is 2.52. The van der Waals surface area contributed by atoms with Gasteiger partial charge in [0.25, 0.3) is 0 Å². The first kappa shape index (κ1) is 12.6. The van der Waals surface area contributed by atoms with E-state index in [-0.39, 0.29) is 5.82 Å². The van der Waals surface area contributed by atoms with Gasteiger partial charge in [0, 0.05) is 11.8 Å². The Morgan fingerprint density at radius 1 is 1.05 bits per heavy atom. The highest BCUT2D eigenvalue weighted by Gasteiger charge is 2.09. The third-order valence-electron chi connectivity index (χ3n) is 2.72. The molecule has 3 rings (SSSR count). The summed E-state index contributed by atoms with van der Waals surface area (Å²) in [5, 5.41) is 0.511. The van der Waals surface area contributed by atoms with Gasteiger partial charge in [0.15, 0.2) is 5.13 Å². The number of anilines is 1. The summed E-state index contributed by atoms with van der Waals surface area (Å²) in [6, 6.07) is 13.5. The smallest absolute Gasteiger partial charge is 0.180 e. The Hall–Kier alpha value is -2.40. The van der Waals surface area contributed by atoms with Crippen LogP contribution in [-0.2, 0) is 0 Å². The van der Waals surface area contributed by atoms with Crippen molar-refractivity contribution in [3.05, 3.63) is 60.5 Å². The third-order valence-corrected chi connectivity index (χ3v) is 3.58. The van der Waals surface area contributed by atoms with Crippen molar-refractivity contribution in [2.24, 2.45) is 0 Å². The van der Waals surface area contributed by atoms with Gasteiger partial charge in [0.05, 0.1) is 4.88 Å². The minimum absolute atomic E-state index is 0.291. The number of aromatic nitrogens is 1. The predicted molar refractivity (Wildman–Crippen MR) is 78.4 cm³/mol. The SMILES string of the molecule is Nc1ncc(-c2ccccc2Oc2ccc(F)cc2)s1. The van der Waals surface area contributed by atoms with Crippen LogP contribution in [0, 0.1) is 5.82 Å². The average Bonchev–Trinajstić information content (AvgIpc) is 2.88. The summed E-state index contributed by atoms with van der Waals surface area (Å²) < 4.78 is 18.7. The molecule has 0 aliphatic rings. The number of rotatable bonds is 3. The van der Waals surface area contributed by atoms with Crippen LogP contribution in [0.1, 0.15) is 0 Å². The zero-order valence-corrected chi connectivity index (χ0v) is 11.2. The lowest BCUT2D eigenvalue weighted by Crippen LogP contribution is -1.87. The van der Waals surface area contributed by atoms with Crippen LogP contribution in [0.4, 0.5) is 9.52 Å². The molecule has 0 saturated heterocycles. The minimum atomic E-state index is -0.291. The molecule has 20 heavy (non-hydrogen) atoms. The molecule has 0 aliphatic heterocycles. The highest BCUT2D eigenvalue weighted by atomic mass is 32.1. The van der Waals surface area contributed by atoms with Crippen molar-refractivity contribution >= 4 is 16.5 Å². The maximum Gasteiger partial charge on any atom is 0.180 e. The highest BCUT2D eigenvalue weighted by Crippen LogP contribution is 2.36. The van der Waals surface area contributed by atoms with Crippen LogP contribution in [0.2, 0.25) is 0 Å². The van der Waals surface area contributed by atoms with Gasteiger partial charge in [-0.3, -0.25) is 0 Å². The van der Waals surface area contributed by atoms with Gasteiger partial charge in [0.1, 0.15) is 17.3 Å². The number of halogens is 1. The molecule has 0 saturated carbocycles. The minimum Gasteiger partial charge on any atom is -0.457 e. The van der Waals surface area contributed by atoms with Crippen LogP contribution in [-0.4, -0.2) is 4.98 Å². The van der Waals surface area contributed by atoms with E-state index in [9.17, 15) is 4.39 Å². The first-order valence-corrected chi connectivity index (χ1v) is 6.78. The summed E-state index contributed by atoms with van der Waals surface area (Å²) in [6.07, 6.45) is 1.72. The molecule has 0 unspecified atom stereocenters. The summed E-state index contributed by atoms with van der Waals surface area (Å²) >= 11 is 1.39. The number of hydrogen-bond acceptors (Lipinski definition) is 4. The Balaban J connectivity index is 1.96. The molecular formula is C15H11FN2OS. The summed E-state index contributed by atoms with van der Waals surface area (Å²) in [4.78, 5) is 4.97. The van der Waals surface area contributed by atoms with Crippen LogP contribution in [0.25, 0.3) is 10.4 Å². The second-order valence-corrected chi connectivity index (χ2v) is 5.18. The van der Waals surface area contributed by atoms with E-state index in [2.05, 4.69) is 4.98 Å². The van der Waals surface area contributed by atoms with Gasteiger partial charge in [-0.25, -0.2) is 9.37 Å². The molecule has 0 aliphatic carbocycles. The van der Waals surface area contributed by atoms with Gasteiger partial charge >= 0.3 is 0 Å². The van der Waals surface area contributed by atoms with Gasteiger partial charge in [-0.2, -0.15) is 0 Å². The van der Waals surface area contributed by atoms with Crippen LogP contribution in [0.5, 0.6) is 11.5 Å². The summed E-state index contributed by atoms with van der Waals surface area (Å²) in [6.45, 7) is 0. The van der Waals surface area contributed by atoms with Gasteiger partial charge in [0.2, 0.25) is 0 Å². The largest absolute Gasteiger partial charge is 0.457 e. The normalized spacial score (nSPS) is 10.4. The number of nitrogen functional groups attached to an aromatic ring is 1. The number of nitrogens with zero attached hydrogens (tertiary/aromatic N) is 1. The first-order valence-electron chi connectivity index (χ1n) is 5.96. The number of para-hydroxylation sites is 1. The third kappa shape index (κ3) is 2.62. The molecule has 5 heteroatoms. The first-order chi connectivity index (χ1) is 9.72. The number of hydrogen-bond donors (Lipinski definition) is 1. The standard InChI is InChI=1S/C15H11FN2OS/c16-10-5-7-11(8-6-10)19-13-4-2-1-3-12(13)14-9-18-15(17)20-14/h1-9H,(H2,17,18). The Morgan fingerprint density at radius 3 is 2.50 bits per heavy atom. The molecule has 0 fully saturated rings. The van der Waals surface area contributed by atoms with E-state index in [0.717, 1.165) is 10.4 Å². The molecule has 1 aromatic heterocycles. The molecule has 0 amide bonds. The van der Waals surface area contributed by atoms with Crippen LogP contribution >= 0.6 is 11.3 Å². The summed E-state index contributed by atoms with van der Waals surface area (Å²) in [5.74, 6) is 0.972. The Morgan fingerprint density at radius 2 is 1.80 bits per heavy atom. The fraction of sp³-hybridized carbons (Fsp3) is 0. The molecule has 1 heterocycles. The molecule has 3 nitrogen and oxygen atoms in total. The lowest BCUT2D eigenvalue weighted by Gasteiger charge is -2.09. The van der Waals surface area contributed by atoms with Crippen molar-refractivity contribution < 1.29 is 9.13 Å². The zero-order chi connectivity index (χ0) is 13.9. The number of benzene rings is 2. The zero-order valence-electron chi connectivity index (χ0n) is 10.4. The summed E-state index contributed by atoms with van der Waals surface area (Å²) in [5.41, 5.74) is 6.57. The maximum atomic E-state index is 12.9. The number of thiazole rings is 1. The summed E-state index contributed by atoms with van der Waals surface area (Å²) in [7, 11) is 0. The van der Waals surface area contributed by atoms with Crippen molar-refractivity contribution in [3.63, 3.8) is 0 Å². The second kappa shape index (κ2) is 5.30. The van der Waals surface area contributed by atoms with Crippen LogP contribution in [0.15, 0.2) is 54.7 Å². The maximum absolute atomic E-state index is 12.9. The van der Waals surface area contributed by atoms with E-state index in [1.165, 1.54) is 23.5 Å². The molecule has 100 valence electrons. The van der Waals surface area contributed by atoms with E-state index in [0.29, 0.717) is 16.6 Å². The van der Waals surface area contributed by atoms with Crippen LogP contribution < -0.4 is 10.5 Å². The molecule has 0 radical (unpaired) electrons. The number of ether oxygens (including phenoxy) is 1. The van der Waals surface area contributed by atoms with E-state index >= 15 is 0 Å². The molecule has 2 aromatic carbocycles. The van der Waals surface area contributed by atoms with E-state index < -0.39 is 0 Å². The van der Waals surface area contributed by atoms with Gasteiger partial charge < -0.3 is 10.5 Å². The molecule has 0 atom stereocenters. The second-order valence-electron chi connectivity index (χ2n) is 4.11. The monoisotopic (exact) mass is 286 g/mol. The predicted octanol–water partition coefficient (Wildman–Crippen LogP) is 4.32. The fourth-order valence-electron chi connectivity index (χ4n) is 1.80. The van der Waals surface area contributed by atoms with E-state index in [1.807, 2.05) is 24.3 Å². The van der Waals surface area contributed by atoms with E-state index in [1.54, 1.807) is 18.3 Å². The quantitative estimate of drug-likeness (QED) is 0.780. The highest BCUT2D eigenvalue weighted by molar-refractivity contribution is 7.18. The van der Waals surface area contributed by atoms with Crippen molar-refractivity contribution in [3.8, 4) is 21.9 Å².